The monoisotopic (exact) mass is 288 g/mol. The predicted molar refractivity (Wildman–Crippen MR) is 78.6 cm³/mol. The average molecular weight is 289 g/mol. The minimum Gasteiger partial charge on any atom is -0.338 e. The van der Waals surface area contributed by atoms with Gasteiger partial charge in [0.1, 0.15) is 0 Å². The first kappa shape index (κ1) is 15.5. The topological polar surface area (TPSA) is 23.6 Å². The minimum atomic E-state index is 0. The molecule has 102 valence electrons. The van der Waals surface area contributed by atoms with Gasteiger partial charge in [-0.15, -0.1) is 23.7 Å². The number of hydrogen-bond acceptors (Lipinski definition) is 3. The molecule has 1 amide bonds. The number of likely N-dealkylation sites (N-methyl/N-ethyl adjacent to an activating group) is 1. The zero-order valence-electron chi connectivity index (χ0n) is 11.2. The normalized spacial score (nSPS) is 14.3. The molecular weight excluding hydrogens is 268 g/mol. The maximum atomic E-state index is 11.4. The molecule has 0 saturated carbocycles. The lowest BCUT2D eigenvalue weighted by molar-refractivity contribution is -0.129. The number of fused-ring (bicyclic) bond motifs is 1. The molecule has 18 heavy (non-hydrogen) atoms. The molecule has 2 rings (SSSR count). The van der Waals surface area contributed by atoms with Crippen molar-refractivity contribution in [2.45, 2.75) is 26.3 Å². The molecule has 1 aliphatic heterocycles. The highest BCUT2D eigenvalue weighted by Crippen LogP contribution is 2.28. The zero-order chi connectivity index (χ0) is 12.4. The van der Waals surface area contributed by atoms with Gasteiger partial charge in [-0.1, -0.05) is 0 Å². The number of rotatable bonds is 3. The third kappa shape index (κ3) is 3.70. The lowest BCUT2D eigenvalue weighted by atomic mass is 10.1. The molecule has 5 heteroatoms. The van der Waals surface area contributed by atoms with E-state index in [1.165, 1.54) is 15.3 Å². The van der Waals surface area contributed by atoms with Gasteiger partial charge in [0.05, 0.1) is 0 Å². The summed E-state index contributed by atoms with van der Waals surface area (Å²) in [6.45, 7) is 4.44. The average Bonchev–Trinajstić information content (AvgIpc) is 2.67. The molecule has 0 spiro atoms. The smallest absolute Gasteiger partial charge is 0.219 e. The molecule has 0 atom stereocenters. The Balaban J connectivity index is 0.00000162. The Morgan fingerprint density at radius 1 is 1.50 bits per heavy atom. The molecule has 0 unspecified atom stereocenters. The van der Waals surface area contributed by atoms with Gasteiger partial charge in [-0.05, 0) is 38.6 Å². The number of hydrogen-bond donors (Lipinski definition) is 0. The summed E-state index contributed by atoms with van der Waals surface area (Å²) in [7, 11) is 4.20. The van der Waals surface area contributed by atoms with Gasteiger partial charge in [0, 0.05) is 36.3 Å². The van der Waals surface area contributed by atoms with E-state index in [1.807, 2.05) is 16.2 Å². The van der Waals surface area contributed by atoms with Crippen LogP contribution in [0.2, 0.25) is 0 Å². The number of carbonyl (C=O) groups is 1. The van der Waals surface area contributed by atoms with E-state index in [0.717, 1.165) is 32.5 Å². The van der Waals surface area contributed by atoms with Crippen molar-refractivity contribution in [3.05, 3.63) is 21.4 Å². The Morgan fingerprint density at radius 3 is 2.83 bits per heavy atom. The van der Waals surface area contributed by atoms with Gasteiger partial charge < -0.3 is 9.80 Å². The molecule has 0 bridgehead atoms. The van der Waals surface area contributed by atoms with Crippen molar-refractivity contribution in [3.8, 4) is 0 Å². The molecule has 0 aromatic carbocycles. The van der Waals surface area contributed by atoms with Crippen LogP contribution in [0.1, 0.15) is 22.2 Å². The van der Waals surface area contributed by atoms with E-state index in [4.69, 9.17) is 0 Å². The first-order chi connectivity index (χ1) is 8.06. The van der Waals surface area contributed by atoms with Crippen LogP contribution in [0.15, 0.2) is 6.07 Å². The van der Waals surface area contributed by atoms with Crippen LogP contribution in [0.25, 0.3) is 0 Å². The van der Waals surface area contributed by atoms with Crippen molar-refractivity contribution < 1.29 is 4.79 Å². The summed E-state index contributed by atoms with van der Waals surface area (Å²) < 4.78 is 0. The van der Waals surface area contributed by atoms with Gasteiger partial charge in [-0.3, -0.25) is 4.79 Å². The van der Waals surface area contributed by atoms with Crippen LogP contribution in [0, 0.1) is 0 Å². The maximum Gasteiger partial charge on any atom is 0.219 e. The van der Waals surface area contributed by atoms with Gasteiger partial charge in [-0.25, -0.2) is 0 Å². The van der Waals surface area contributed by atoms with E-state index in [1.54, 1.807) is 6.92 Å². The fourth-order valence-electron chi connectivity index (χ4n) is 2.12. The van der Waals surface area contributed by atoms with Crippen molar-refractivity contribution in [3.63, 3.8) is 0 Å². The molecule has 0 radical (unpaired) electrons. The van der Waals surface area contributed by atoms with Gasteiger partial charge in [0.25, 0.3) is 0 Å². The van der Waals surface area contributed by atoms with Gasteiger partial charge in [0.2, 0.25) is 5.91 Å². The molecule has 0 fully saturated rings. The molecule has 0 N–H and O–H groups in total. The Kier molecular flexibility index (Phi) is 5.63. The summed E-state index contributed by atoms with van der Waals surface area (Å²) in [5.74, 6) is 0.191. The van der Waals surface area contributed by atoms with Crippen LogP contribution in [-0.4, -0.2) is 42.9 Å². The summed E-state index contributed by atoms with van der Waals surface area (Å²) in [5.41, 5.74) is 1.37. The fraction of sp³-hybridized carbons (Fsp3) is 0.615. The molecular formula is C13H21ClN2OS. The summed E-state index contributed by atoms with van der Waals surface area (Å²) in [6.07, 6.45) is 2.15. The number of halogens is 1. The summed E-state index contributed by atoms with van der Waals surface area (Å²) in [5, 5.41) is 0. The summed E-state index contributed by atoms with van der Waals surface area (Å²) in [4.78, 5) is 18.4. The predicted octanol–water partition coefficient (Wildman–Crippen LogP) is 2.18. The summed E-state index contributed by atoms with van der Waals surface area (Å²) >= 11 is 1.93. The van der Waals surface area contributed by atoms with E-state index >= 15 is 0 Å². The van der Waals surface area contributed by atoms with E-state index in [9.17, 15) is 4.79 Å². The quantitative estimate of drug-likeness (QED) is 0.851. The molecule has 1 aromatic rings. The second-order valence-electron chi connectivity index (χ2n) is 4.90. The zero-order valence-corrected chi connectivity index (χ0v) is 12.9. The van der Waals surface area contributed by atoms with Crippen molar-refractivity contribution in [1.82, 2.24) is 9.80 Å². The third-order valence-corrected chi connectivity index (χ3v) is 4.47. The van der Waals surface area contributed by atoms with Gasteiger partial charge >= 0.3 is 0 Å². The van der Waals surface area contributed by atoms with E-state index in [-0.39, 0.29) is 18.3 Å². The number of nitrogens with zero attached hydrogens (tertiary/aromatic N) is 2. The molecule has 1 aromatic heterocycles. The second-order valence-corrected chi connectivity index (χ2v) is 6.13. The van der Waals surface area contributed by atoms with Crippen LogP contribution in [0.4, 0.5) is 0 Å². The van der Waals surface area contributed by atoms with Crippen LogP contribution in [-0.2, 0) is 24.2 Å². The van der Waals surface area contributed by atoms with E-state index < -0.39 is 0 Å². The molecule has 0 aliphatic carbocycles. The van der Waals surface area contributed by atoms with E-state index in [2.05, 4.69) is 25.1 Å². The lowest BCUT2D eigenvalue weighted by Gasteiger charge is -2.25. The first-order valence-electron chi connectivity index (χ1n) is 6.07. The SMILES string of the molecule is CC(=O)N1CCc2sc(CCN(C)C)cc2C1.Cl. The molecule has 3 nitrogen and oxygen atoms in total. The van der Waals surface area contributed by atoms with Crippen molar-refractivity contribution in [2.24, 2.45) is 0 Å². The largest absolute Gasteiger partial charge is 0.338 e. The number of amides is 1. The van der Waals surface area contributed by atoms with Gasteiger partial charge in [-0.2, -0.15) is 0 Å². The second kappa shape index (κ2) is 6.55. The van der Waals surface area contributed by atoms with E-state index in [0.29, 0.717) is 0 Å². The van der Waals surface area contributed by atoms with Crippen LogP contribution in [0.3, 0.4) is 0 Å². The van der Waals surface area contributed by atoms with Gasteiger partial charge in [0.15, 0.2) is 0 Å². The Hall–Kier alpha value is -0.580. The number of carbonyl (C=O) groups excluding carboxylic acids is 1. The maximum absolute atomic E-state index is 11.4. The Labute approximate surface area is 119 Å². The van der Waals surface area contributed by atoms with Crippen molar-refractivity contribution in [2.75, 3.05) is 27.2 Å². The lowest BCUT2D eigenvalue weighted by Crippen LogP contribution is -2.33. The standard InChI is InChI=1S/C13H20N2OS.ClH/c1-10(16)15-7-5-13-11(9-15)8-12(17-13)4-6-14(2)3;/h8H,4-7,9H2,1-3H3;1H. The van der Waals surface area contributed by atoms with Crippen LogP contribution in [0.5, 0.6) is 0 Å². The highest BCUT2D eigenvalue weighted by atomic mass is 35.5. The Morgan fingerprint density at radius 2 is 2.22 bits per heavy atom. The van der Waals surface area contributed by atoms with Crippen LogP contribution < -0.4 is 0 Å². The molecule has 2 heterocycles. The first-order valence-corrected chi connectivity index (χ1v) is 6.88. The molecule has 0 saturated heterocycles. The molecule has 1 aliphatic rings. The fourth-order valence-corrected chi connectivity index (χ4v) is 3.28. The Bertz CT molecular complexity index is 417. The number of thiophene rings is 1. The third-order valence-electron chi connectivity index (χ3n) is 3.17. The van der Waals surface area contributed by atoms with Crippen molar-refractivity contribution >= 4 is 29.7 Å². The highest BCUT2D eigenvalue weighted by Gasteiger charge is 2.20. The highest BCUT2D eigenvalue weighted by molar-refractivity contribution is 7.12. The summed E-state index contributed by atoms with van der Waals surface area (Å²) in [6, 6.07) is 2.29. The van der Waals surface area contributed by atoms with Crippen LogP contribution >= 0.6 is 23.7 Å². The van der Waals surface area contributed by atoms with Crippen molar-refractivity contribution in [1.29, 1.82) is 0 Å². The minimum absolute atomic E-state index is 0.